The Morgan fingerprint density at radius 1 is 0.841 bits per heavy atom. The van der Waals surface area contributed by atoms with Gasteiger partial charge in [-0.3, -0.25) is 19.3 Å². The molecule has 0 unspecified atom stereocenters. The minimum absolute atomic E-state index is 0.0380. The molecule has 11 heteroatoms. The molecule has 1 aliphatic heterocycles. The summed E-state index contributed by atoms with van der Waals surface area (Å²) in [7, 11) is 0. The Bertz CT molecular complexity index is 1510. The average molecular weight is 601 g/mol. The van der Waals surface area contributed by atoms with Gasteiger partial charge >= 0.3 is 0 Å². The molecule has 44 heavy (non-hydrogen) atoms. The van der Waals surface area contributed by atoms with Crippen molar-refractivity contribution in [2.24, 2.45) is 0 Å². The Morgan fingerprint density at radius 2 is 1.52 bits per heavy atom. The Balaban J connectivity index is 1.15. The number of carbonyl (C=O) groups excluding carboxylic acids is 3. The summed E-state index contributed by atoms with van der Waals surface area (Å²) in [6.45, 7) is 2.24. The summed E-state index contributed by atoms with van der Waals surface area (Å²) in [5.74, 6) is -0.0273. The van der Waals surface area contributed by atoms with Crippen LogP contribution in [0.4, 0.5) is 10.1 Å². The van der Waals surface area contributed by atoms with Crippen LogP contribution < -0.4 is 15.4 Å². The highest BCUT2D eigenvalue weighted by molar-refractivity contribution is 5.97. The van der Waals surface area contributed by atoms with Gasteiger partial charge < -0.3 is 29.4 Å². The molecule has 1 saturated heterocycles. The number of hydrogen-bond acceptors (Lipinski definition) is 7. The summed E-state index contributed by atoms with van der Waals surface area (Å²) >= 11 is 0. The monoisotopic (exact) mass is 600 g/mol. The predicted octanol–water partition coefficient (Wildman–Crippen LogP) is 4.31. The molecule has 2 N–H and O–H groups in total. The second-order valence-electron chi connectivity index (χ2n) is 10.2. The minimum atomic E-state index is -0.955. The lowest BCUT2D eigenvalue weighted by Gasteiger charge is -2.34. The fourth-order valence-electron chi connectivity index (χ4n) is 4.63. The van der Waals surface area contributed by atoms with Crippen LogP contribution in [-0.2, 0) is 20.9 Å². The van der Waals surface area contributed by atoms with E-state index in [9.17, 15) is 18.8 Å². The summed E-state index contributed by atoms with van der Waals surface area (Å²) < 4.78 is 29.9. The molecule has 0 aliphatic carbocycles. The first-order valence-electron chi connectivity index (χ1n) is 14.2. The zero-order valence-corrected chi connectivity index (χ0v) is 24.0. The Kier molecular flexibility index (Phi) is 10.3. The van der Waals surface area contributed by atoms with Crippen molar-refractivity contribution in [3.63, 3.8) is 0 Å². The Hall–Kier alpha value is -5.00. The second kappa shape index (κ2) is 14.9. The molecule has 5 rings (SSSR count). The highest BCUT2D eigenvalue weighted by Crippen LogP contribution is 2.23. The van der Waals surface area contributed by atoms with Gasteiger partial charge in [-0.25, -0.2) is 4.39 Å². The van der Waals surface area contributed by atoms with Crippen molar-refractivity contribution < 1.29 is 32.7 Å². The van der Waals surface area contributed by atoms with E-state index in [1.165, 1.54) is 30.5 Å². The fourth-order valence-corrected chi connectivity index (χ4v) is 4.63. The molecule has 1 atom stereocenters. The number of amides is 3. The van der Waals surface area contributed by atoms with Crippen molar-refractivity contribution in [1.29, 1.82) is 0 Å². The van der Waals surface area contributed by atoms with Crippen molar-refractivity contribution >= 4 is 23.4 Å². The third kappa shape index (κ3) is 8.76. The number of furan rings is 1. The molecule has 3 amide bonds. The average Bonchev–Trinajstić information content (AvgIpc) is 3.58. The smallest absolute Gasteiger partial charge is 0.289 e. The normalized spacial score (nSPS) is 14.1. The largest absolute Gasteiger partial charge is 0.459 e. The van der Waals surface area contributed by atoms with E-state index in [2.05, 4.69) is 10.6 Å². The molecule has 1 aliphatic rings. The standard InChI is InChI=1S/C33H33FN4O6/c34-25-8-12-27(13-9-25)44-28-14-10-26(11-15-28)35-32(40)29(23-42-22-24-5-2-1-3-6-24)36-31(39)21-37-16-18-38(19-17-37)33(41)30-7-4-20-43-30/h1-15,20,29H,16-19,21-23H2,(H,35,40)(H,36,39)/t29-/m0/s1. The number of hydrogen-bond donors (Lipinski definition) is 2. The number of piperazine rings is 1. The molecule has 3 aromatic carbocycles. The van der Waals surface area contributed by atoms with Gasteiger partial charge in [0, 0.05) is 31.9 Å². The molecule has 228 valence electrons. The van der Waals surface area contributed by atoms with Gasteiger partial charge in [0.25, 0.3) is 5.91 Å². The van der Waals surface area contributed by atoms with Crippen LogP contribution >= 0.6 is 0 Å². The second-order valence-corrected chi connectivity index (χ2v) is 10.2. The van der Waals surface area contributed by atoms with E-state index in [0.717, 1.165) is 5.56 Å². The lowest BCUT2D eigenvalue weighted by atomic mass is 10.2. The van der Waals surface area contributed by atoms with Crippen LogP contribution in [0.3, 0.4) is 0 Å². The van der Waals surface area contributed by atoms with Crippen LogP contribution in [0.2, 0.25) is 0 Å². The lowest BCUT2D eigenvalue weighted by molar-refractivity contribution is -0.128. The topological polar surface area (TPSA) is 113 Å². The zero-order chi connectivity index (χ0) is 30.7. The van der Waals surface area contributed by atoms with E-state index in [0.29, 0.717) is 43.4 Å². The molecule has 4 aromatic rings. The summed E-state index contributed by atoms with van der Waals surface area (Å²) in [5, 5.41) is 5.63. The number of nitrogens with zero attached hydrogens (tertiary/aromatic N) is 2. The van der Waals surface area contributed by atoms with Crippen molar-refractivity contribution in [1.82, 2.24) is 15.1 Å². The van der Waals surface area contributed by atoms with Gasteiger partial charge in [-0.1, -0.05) is 30.3 Å². The number of anilines is 1. The first-order chi connectivity index (χ1) is 21.4. The molecule has 1 aromatic heterocycles. The van der Waals surface area contributed by atoms with Crippen LogP contribution in [0.25, 0.3) is 0 Å². The zero-order valence-electron chi connectivity index (χ0n) is 24.0. The molecular weight excluding hydrogens is 567 g/mol. The molecule has 0 bridgehead atoms. The Morgan fingerprint density at radius 3 is 2.18 bits per heavy atom. The molecule has 1 fully saturated rings. The maximum Gasteiger partial charge on any atom is 0.289 e. The summed E-state index contributed by atoms with van der Waals surface area (Å²) in [6.07, 6.45) is 1.46. The molecule has 10 nitrogen and oxygen atoms in total. The van der Waals surface area contributed by atoms with Crippen molar-refractivity contribution in [3.8, 4) is 11.5 Å². The van der Waals surface area contributed by atoms with E-state index >= 15 is 0 Å². The molecule has 2 heterocycles. The van der Waals surface area contributed by atoms with E-state index < -0.39 is 11.9 Å². The first kappa shape index (κ1) is 30.5. The van der Waals surface area contributed by atoms with Gasteiger partial charge in [0.1, 0.15) is 23.4 Å². The third-order valence-corrected chi connectivity index (χ3v) is 6.98. The van der Waals surface area contributed by atoms with E-state index in [1.807, 2.05) is 35.2 Å². The van der Waals surface area contributed by atoms with Crippen LogP contribution in [-0.4, -0.2) is 72.9 Å². The molecule has 0 radical (unpaired) electrons. The van der Waals surface area contributed by atoms with Gasteiger partial charge in [-0.15, -0.1) is 0 Å². The molecule has 0 spiro atoms. The van der Waals surface area contributed by atoms with Crippen molar-refractivity contribution in [3.05, 3.63) is 114 Å². The van der Waals surface area contributed by atoms with Gasteiger partial charge in [0.05, 0.1) is 26.0 Å². The maximum atomic E-state index is 13.3. The minimum Gasteiger partial charge on any atom is -0.459 e. The highest BCUT2D eigenvalue weighted by atomic mass is 19.1. The number of halogens is 1. The maximum absolute atomic E-state index is 13.3. The third-order valence-electron chi connectivity index (χ3n) is 6.98. The fraction of sp³-hybridized carbons (Fsp3) is 0.242. The molecular formula is C33H33FN4O6. The number of nitrogens with one attached hydrogen (secondary N) is 2. The first-order valence-corrected chi connectivity index (χ1v) is 14.2. The SMILES string of the molecule is O=C(CN1CCN(C(=O)c2ccco2)CC1)N[C@@H](COCc1ccccc1)C(=O)Nc1ccc(Oc2ccc(F)cc2)cc1. The van der Waals surface area contributed by atoms with Crippen LogP contribution in [0.5, 0.6) is 11.5 Å². The lowest BCUT2D eigenvalue weighted by Crippen LogP contribution is -2.53. The van der Waals surface area contributed by atoms with E-state index in [4.69, 9.17) is 13.9 Å². The van der Waals surface area contributed by atoms with Crippen LogP contribution in [0.1, 0.15) is 16.1 Å². The quantitative estimate of drug-likeness (QED) is 0.249. The van der Waals surface area contributed by atoms with Crippen LogP contribution in [0.15, 0.2) is 102 Å². The summed E-state index contributed by atoms with van der Waals surface area (Å²) in [6, 6.07) is 24.2. The number of rotatable bonds is 12. The van der Waals surface area contributed by atoms with Gasteiger partial charge in [-0.05, 0) is 66.2 Å². The number of carbonyl (C=O) groups is 3. The van der Waals surface area contributed by atoms with Gasteiger partial charge in [0.15, 0.2) is 5.76 Å². The van der Waals surface area contributed by atoms with E-state index in [-0.39, 0.29) is 43.2 Å². The summed E-state index contributed by atoms with van der Waals surface area (Å²) in [5.41, 5.74) is 1.44. The van der Waals surface area contributed by atoms with Gasteiger partial charge in [-0.2, -0.15) is 0 Å². The molecule has 0 saturated carbocycles. The predicted molar refractivity (Wildman–Crippen MR) is 161 cm³/mol. The summed E-state index contributed by atoms with van der Waals surface area (Å²) in [4.78, 5) is 42.5. The van der Waals surface area contributed by atoms with Gasteiger partial charge in [0.2, 0.25) is 11.8 Å². The number of benzene rings is 3. The van der Waals surface area contributed by atoms with Crippen LogP contribution in [0, 0.1) is 5.82 Å². The number of ether oxygens (including phenoxy) is 2. The van der Waals surface area contributed by atoms with E-state index in [1.54, 1.807) is 41.3 Å². The van der Waals surface area contributed by atoms with Crippen molar-refractivity contribution in [2.45, 2.75) is 12.6 Å². The highest BCUT2D eigenvalue weighted by Gasteiger charge is 2.27. The van der Waals surface area contributed by atoms with Crippen molar-refractivity contribution in [2.75, 3.05) is 44.6 Å². The Labute approximate surface area is 254 Å².